The molecule has 4 nitrogen and oxygen atoms in total. The first-order valence-electron chi connectivity index (χ1n) is 7.00. The molecule has 1 unspecified atom stereocenters. The Morgan fingerprint density at radius 2 is 2.32 bits per heavy atom. The van der Waals surface area contributed by atoms with E-state index >= 15 is 0 Å². The van der Waals surface area contributed by atoms with Gasteiger partial charge in [0.1, 0.15) is 5.82 Å². The predicted molar refractivity (Wildman–Crippen MR) is 75.1 cm³/mol. The van der Waals surface area contributed by atoms with E-state index in [2.05, 4.69) is 27.9 Å². The Morgan fingerprint density at radius 1 is 1.47 bits per heavy atom. The third-order valence-corrected chi connectivity index (χ3v) is 3.83. The van der Waals surface area contributed by atoms with E-state index in [4.69, 9.17) is 0 Å². The maximum Gasteiger partial charge on any atom is 0.157 e. The zero-order valence-electron chi connectivity index (χ0n) is 11.2. The fourth-order valence-electron chi connectivity index (χ4n) is 2.85. The lowest BCUT2D eigenvalue weighted by molar-refractivity contribution is -0.120. The van der Waals surface area contributed by atoms with E-state index in [9.17, 15) is 4.79 Å². The van der Waals surface area contributed by atoms with Gasteiger partial charge in [0.2, 0.25) is 0 Å². The van der Waals surface area contributed by atoms with Crippen molar-refractivity contribution >= 4 is 16.8 Å². The van der Waals surface area contributed by atoms with Crippen LogP contribution in [0.3, 0.4) is 0 Å². The zero-order valence-corrected chi connectivity index (χ0v) is 11.2. The second-order valence-electron chi connectivity index (χ2n) is 5.05. The number of carbonyl (C=O) groups excluding carboxylic acids is 1. The van der Waals surface area contributed by atoms with Gasteiger partial charge in [0.15, 0.2) is 5.78 Å². The molecular formula is C15H19N3O. The number of carbonyl (C=O) groups is 1. The number of aryl methyl sites for hydroxylation is 1. The van der Waals surface area contributed by atoms with Crippen molar-refractivity contribution in [3.05, 3.63) is 30.1 Å². The lowest BCUT2D eigenvalue weighted by Crippen LogP contribution is -2.32. The van der Waals surface area contributed by atoms with Gasteiger partial charge in [-0.25, -0.2) is 4.98 Å². The highest BCUT2D eigenvalue weighted by Gasteiger charge is 2.23. The molecule has 1 atom stereocenters. The van der Waals surface area contributed by atoms with Crippen molar-refractivity contribution in [2.24, 2.45) is 0 Å². The molecule has 0 amide bonds. The number of nitrogens with one attached hydrogen (secondary N) is 1. The molecule has 0 spiro atoms. The van der Waals surface area contributed by atoms with Crippen molar-refractivity contribution in [3.63, 3.8) is 0 Å². The van der Waals surface area contributed by atoms with Crippen molar-refractivity contribution in [2.45, 2.75) is 38.8 Å². The third-order valence-electron chi connectivity index (χ3n) is 3.83. The average molecular weight is 257 g/mol. The summed E-state index contributed by atoms with van der Waals surface area (Å²) >= 11 is 0. The summed E-state index contributed by atoms with van der Waals surface area (Å²) < 4.78 is 2.14. The molecule has 1 aliphatic rings. The largest absolute Gasteiger partial charge is 0.328 e. The van der Waals surface area contributed by atoms with E-state index in [0.29, 0.717) is 6.42 Å². The average Bonchev–Trinajstić information content (AvgIpc) is 3.05. The molecule has 2 aromatic rings. The molecule has 1 saturated heterocycles. The van der Waals surface area contributed by atoms with Crippen LogP contribution in [-0.4, -0.2) is 27.9 Å². The number of rotatable bonds is 4. The molecule has 1 fully saturated rings. The molecule has 0 saturated carbocycles. The fourth-order valence-corrected chi connectivity index (χ4v) is 2.85. The van der Waals surface area contributed by atoms with Gasteiger partial charge in [0, 0.05) is 6.54 Å². The number of para-hydroxylation sites is 2. The van der Waals surface area contributed by atoms with Gasteiger partial charge in [-0.1, -0.05) is 12.1 Å². The Bertz CT molecular complexity index is 596. The van der Waals surface area contributed by atoms with E-state index in [-0.39, 0.29) is 11.8 Å². The van der Waals surface area contributed by atoms with Crippen LogP contribution in [0.2, 0.25) is 0 Å². The predicted octanol–water partition coefficient (Wildman–Crippen LogP) is 1.92. The molecule has 1 aromatic heterocycles. The fraction of sp³-hybridized carbons (Fsp3) is 0.467. The normalized spacial score (nSPS) is 19.1. The minimum Gasteiger partial charge on any atom is -0.328 e. The summed E-state index contributed by atoms with van der Waals surface area (Å²) in [6.45, 7) is 3.90. The van der Waals surface area contributed by atoms with Gasteiger partial charge in [0.25, 0.3) is 0 Å². The Balaban J connectivity index is 1.89. The Kier molecular flexibility index (Phi) is 3.34. The minimum atomic E-state index is 0.0325. The van der Waals surface area contributed by atoms with E-state index in [0.717, 1.165) is 42.8 Å². The Morgan fingerprint density at radius 3 is 3.05 bits per heavy atom. The first-order valence-corrected chi connectivity index (χ1v) is 7.00. The summed E-state index contributed by atoms with van der Waals surface area (Å²) in [5, 5.41) is 3.26. The number of hydrogen-bond acceptors (Lipinski definition) is 3. The van der Waals surface area contributed by atoms with Crippen molar-refractivity contribution in [3.8, 4) is 0 Å². The van der Waals surface area contributed by atoms with Gasteiger partial charge in [-0.3, -0.25) is 4.79 Å². The second-order valence-corrected chi connectivity index (χ2v) is 5.05. The van der Waals surface area contributed by atoms with Gasteiger partial charge < -0.3 is 9.88 Å². The van der Waals surface area contributed by atoms with Gasteiger partial charge in [-0.05, 0) is 38.4 Å². The molecule has 1 N–H and O–H groups in total. The van der Waals surface area contributed by atoms with E-state index < -0.39 is 0 Å². The molecule has 19 heavy (non-hydrogen) atoms. The highest BCUT2D eigenvalue weighted by Crippen LogP contribution is 2.17. The summed E-state index contributed by atoms with van der Waals surface area (Å²) in [6, 6.07) is 8.10. The standard InChI is InChI=1S/C15H19N3O/c1-2-18-13-8-4-3-6-11(13)17-15(18)10-14(19)12-7-5-9-16-12/h3-4,6,8,12,16H,2,5,7,9-10H2,1H3. The first kappa shape index (κ1) is 12.4. The first-order chi connectivity index (χ1) is 9.29. The van der Waals surface area contributed by atoms with Gasteiger partial charge in [-0.15, -0.1) is 0 Å². The van der Waals surface area contributed by atoms with Gasteiger partial charge in [-0.2, -0.15) is 0 Å². The molecule has 0 radical (unpaired) electrons. The van der Waals surface area contributed by atoms with Crippen molar-refractivity contribution < 1.29 is 4.79 Å². The monoisotopic (exact) mass is 257 g/mol. The minimum absolute atomic E-state index is 0.0325. The number of aromatic nitrogens is 2. The molecule has 1 aromatic carbocycles. The Labute approximate surface area is 112 Å². The second kappa shape index (κ2) is 5.13. The van der Waals surface area contributed by atoms with Crippen LogP contribution < -0.4 is 5.32 Å². The van der Waals surface area contributed by atoms with Gasteiger partial charge >= 0.3 is 0 Å². The molecular weight excluding hydrogens is 238 g/mol. The molecule has 4 heteroatoms. The highest BCUT2D eigenvalue weighted by atomic mass is 16.1. The van der Waals surface area contributed by atoms with Crippen LogP contribution in [0, 0.1) is 0 Å². The summed E-state index contributed by atoms with van der Waals surface area (Å²) in [5.41, 5.74) is 2.10. The number of Topliss-reactive ketones (excluding diaryl/α,β-unsaturated/α-hetero) is 1. The smallest absolute Gasteiger partial charge is 0.157 e. The van der Waals surface area contributed by atoms with Crippen molar-refractivity contribution in [2.75, 3.05) is 6.54 Å². The van der Waals surface area contributed by atoms with Crippen molar-refractivity contribution in [1.29, 1.82) is 0 Å². The van der Waals surface area contributed by atoms with Crippen LogP contribution in [-0.2, 0) is 17.8 Å². The molecule has 1 aliphatic heterocycles. The maximum atomic E-state index is 12.2. The SMILES string of the molecule is CCn1c(CC(=O)C2CCCN2)nc2ccccc21. The zero-order chi connectivity index (χ0) is 13.2. The number of ketones is 1. The number of hydrogen-bond donors (Lipinski definition) is 1. The number of imidazole rings is 1. The van der Waals surface area contributed by atoms with Crippen molar-refractivity contribution in [1.82, 2.24) is 14.9 Å². The molecule has 0 aliphatic carbocycles. The van der Waals surface area contributed by atoms with E-state index in [1.807, 2.05) is 18.2 Å². The van der Waals surface area contributed by atoms with Gasteiger partial charge in [0.05, 0.1) is 23.5 Å². The third kappa shape index (κ3) is 2.28. The van der Waals surface area contributed by atoms with Crippen LogP contribution in [0.15, 0.2) is 24.3 Å². The van der Waals surface area contributed by atoms with Crippen LogP contribution in [0.1, 0.15) is 25.6 Å². The highest BCUT2D eigenvalue weighted by molar-refractivity contribution is 5.87. The molecule has 100 valence electrons. The Hall–Kier alpha value is -1.68. The number of nitrogens with zero attached hydrogens (tertiary/aromatic N) is 2. The van der Waals surface area contributed by atoms with Crippen LogP contribution in [0.25, 0.3) is 11.0 Å². The number of fused-ring (bicyclic) bond motifs is 1. The van der Waals surface area contributed by atoms with E-state index in [1.54, 1.807) is 0 Å². The van der Waals surface area contributed by atoms with Crippen LogP contribution in [0.5, 0.6) is 0 Å². The quantitative estimate of drug-likeness (QED) is 0.910. The molecule has 0 bridgehead atoms. The van der Waals surface area contributed by atoms with Crippen LogP contribution in [0.4, 0.5) is 0 Å². The maximum absolute atomic E-state index is 12.2. The van der Waals surface area contributed by atoms with Crippen LogP contribution >= 0.6 is 0 Å². The number of benzene rings is 1. The summed E-state index contributed by atoms with van der Waals surface area (Å²) in [7, 11) is 0. The van der Waals surface area contributed by atoms with E-state index in [1.165, 1.54) is 0 Å². The molecule has 3 rings (SSSR count). The lowest BCUT2D eigenvalue weighted by atomic mass is 10.1. The lowest BCUT2D eigenvalue weighted by Gasteiger charge is -2.10. The summed E-state index contributed by atoms with van der Waals surface area (Å²) in [6.07, 6.45) is 2.49. The topological polar surface area (TPSA) is 46.9 Å². The summed E-state index contributed by atoms with van der Waals surface area (Å²) in [5.74, 6) is 1.16. The molecule has 2 heterocycles. The summed E-state index contributed by atoms with van der Waals surface area (Å²) in [4.78, 5) is 16.9.